The molecule has 0 spiro atoms. The van der Waals surface area contributed by atoms with Crippen molar-refractivity contribution in [1.82, 2.24) is 45.4 Å². The van der Waals surface area contributed by atoms with E-state index in [1.165, 1.54) is 0 Å². The summed E-state index contributed by atoms with van der Waals surface area (Å²) in [4.78, 5) is 89.8. The molecule has 4 fully saturated rings. The van der Waals surface area contributed by atoms with Gasteiger partial charge in [-0.2, -0.15) is 0 Å². The van der Waals surface area contributed by atoms with Gasteiger partial charge in [-0.1, -0.05) is 37.2 Å². The van der Waals surface area contributed by atoms with Gasteiger partial charge in [-0.05, 0) is 112 Å². The van der Waals surface area contributed by atoms with E-state index < -0.39 is 29.7 Å². The number of benzene rings is 1. The van der Waals surface area contributed by atoms with E-state index in [1.807, 2.05) is 29.2 Å². The van der Waals surface area contributed by atoms with Gasteiger partial charge in [0.05, 0.1) is 11.1 Å². The fourth-order valence-electron chi connectivity index (χ4n) is 9.92. The zero-order valence-corrected chi connectivity index (χ0v) is 38.4. The Morgan fingerprint density at radius 3 is 2.36 bits per heavy atom. The molecule has 0 saturated carbocycles. The molecule has 1 unspecified atom stereocenters. The Morgan fingerprint density at radius 1 is 0.806 bits per heavy atom. The van der Waals surface area contributed by atoms with E-state index in [4.69, 9.17) is 0 Å². The summed E-state index contributed by atoms with van der Waals surface area (Å²) in [7, 11) is 0. The number of unbranched alkanes of at least 4 members (excludes halogenated alkanes) is 4. The van der Waals surface area contributed by atoms with Crippen LogP contribution in [0.25, 0.3) is 6.08 Å². The van der Waals surface area contributed by atoms with Crippen LogP contribution in [0.1, 0.15) is 126 Å². The first-order valence-electron chi connectivity index (χ1n) is 24.2. The molecule has 4 saturated heterocycles. The highest BCUT2D eigenvalue weighted by atomic mass is 16.2. The molecule has 1 atom stereocenters. The molecule has 5 aliphatic heterocycles. The lowest BCUT2D eigenvalue weighted by molar-refractivity contribution is -0.136. The molecule has 3 aromatic rings. The van der Waals surface area contributed by atoms with E-state index in [2.05, 4.69) is 52.4 Å². The van der Waals surface area contributed by atoms with Crippen LogP contribution in [0.2, 0.25) is 0 Å². The van der Waals surface area contributed by atoms with Gasteiger partial charge in [0.2, 0.25) is 17.7 Å². The van der Waals surface area contributed by atoms with Crippen molar-refractivity contribution in [2.45, 2.75) is 95.6 Å². The standard InChI is InChI=1S/C51H62N10O6/c62-46(18-13-39-11-8-24-52-36-39)53-25-6-5-9-37-20-27-60(28-21-37)51(67)43-15-17-45(56-55-43)59-29-22-40(23-30-59)58-33-31-57(32-34-58)26-7-3-1-2-4-10-38-12-14-41-42(35-38)50(66)61(49(41)65)44-16-19-47(63)54-48(44)64/h8,11-15,17-18,24,35-37,40,44H,1-3,5-7,9,16,19-23,25-34H2,(H,53,62)(H,54,63,64)/b18-13+. The van der Waals surface area contributed by atoms with Crippen LogP contribution in [0, 0.1) is 17.8 Å². The molecule has 5 aliphatic rings. The van der Waals surface area contributed by atoms with E-state index in [9.17, 15) is 28.8 Å². The number of hydrogen-bond acceptors (Lipinski definition) is 12. The number of anilines is 1. The molecule has 0 bridgehead atoms. The van der Waals surface area contributed by atoms with Crippen LogP contribution in [-0.2, 0) is 14.4 Å². The number of nitrogens with one attached hydrogen (secondary N) is 2. The third-order valence-corrected chi connectivity index (χ3v) is 13.9. The monoisotopic (exact) mass is 910 g/mol. The summed E-state index contributed by atoms with van der Waals surface area (Å²) in [6.07, 6.45) is 18.1. The maximum atomic E-state index is 13.3. The van der Waals surface area contributed by atoms with Crippen molar-refractivity contribution in [1.29, 1.82) is 0 Å². The lowest BCUT2D eigenvalue weighted by Gasteiger charge is -2.43. The number of pyridine rings is 1. The Hall–Kier alpha value is -6.31. The van der Waals surface area contributed by atoms with Crippen LogP contribution >= 0.6 is 0 Å². The Labute approximate surface area is 392 Å². The van der Waals surface area contributed by atoms with Crippen LogP contribution in [0.15, 0.2) is 60.9 Å². The van der Waals surface area contributed by atoms with Crippen molar-refractivity contribution < 1.29 is 28.8 Å². The van der Waals surface area contributed by atoms with Gasteiger partial charge in [0.1, 0.15) is 6.04 Å². The summed E-state index contributed by atoms with van der Waals surface area (Å²) >= 11 is 0. The molecule has 8 rings (SSSR count). The largest absolute Gasteiger partial charge is 0.355 e. The summed E-state index contributed by atoms with van der Waals surface area (Å²) in [6.45, 7) is 9.36. The average molecular weight is 911 g/mol. The number of hydrogen-bond donors (Lipinski definition) is 2. The zero-order valence-electron chi connectivity index (χ0n) is 38.4. The van der Waals surface area contributed by atoms with Crippen molar-refractivity contribution in [3.63, 3.8) is 0 Å². The minimum atomic E-state index is -0.979. The van der Waals surface area contributed by atoms with Gasteiger partial charge in [0, 0.05) is 102 Å². The Morgan fingerprint density at radius 2 is 1.61 bits per heavy atom. The van der Waals surface area contributed by atoms with Crippen LogP contribution in [0.4, 0.5) is 5.82 Å². The number of imide groups is 2. The second-order valence-electron chi connectivity index (χ2n) is 18.3. The van der Waals surface area contributed by atoms with Crippen molar-refractivity contribution >= 4 is 47.3 Å². The number of nitrogens with zero attached hydrogens (tertiary/aromatic N) is 8. The van der Waals surface area contributed by atoms with Gasteiger partial charge >= 0.3 is 0 Å². The smallest absolute Gasteiger partial charge is 0.274 e. The first kappa shape index (κ1) is 47.2. The van der Waals surface area contributed by atoms with Gasteiger partial charge in [-0.25, -0.2) is 0 Å². The number of aromatic nitrogens is 3. The number of carbonyl (C=O) groups is 6. The topological polar surface area (TPSA) is 181 Å². The van der Waals surface area contributed by atoms with E-state index >= 15 is 0 Å². The van der Waals surface area contributed by atoms with E-state index in [0.717, 1.165) is 146 Å². The predicted molar refractivity (Wildman–Crippen MR) is 252 cm³/mol. The third-order valence-electron chi connectivity index (χ3n) is 13.9. The lowest BCUT2D eigenvalue weighted by Crippen LogP contribution is -2.54. The quantitative estimate of drug-likeness (QED) is 0.0901. The Balaban J connectivity index is 0.660. The van der Waals surface area contributed by atoms with Crippen LogP contribution in [0.3, 0.4) is 0 Å². The molecule has 0 radical (unpaired) electrons. The van der Waals surface area contributed by atoms with Crippen LogP contribution < -0.4 is 15.5 Å². The minimum absolute atomic E-state index is 0.0420. The Kier molecular flexibility index (Phi) is 16.2. The minimum Gasteiger partial charge on any atom is -0.355 e. The third kappa shape index (κ3) is 12.4. The zero-order chi connectivity index (χ0) is 46.5. The van der Waals surface area contributed by atoms with Crippen molar-refractivity contribution in [2.75, 3.05) is 70.3 Å². The van der Waals surface area contributed by atoms with Crippen molar-refractivity contribution in [3.8, 4) is 11.8 Å². The molecular weight excluding hydrogens is 849 g/mol. The maximum absolute atomic E-state index is 13.3. The van der Waals surface area contributed by atoms with Gasteiger partial charge in [-0.3, -0.25) is 48.9 Å². The number of fused-ring (bicyclic) bond motifs is 1. The second kappa shape index (κ2) is 22.9. The Bertz CT molecular complexity index is 2340. The molecule has 0 aliphatic carbocycles. The molecule has 2 aromatic heterocycles. The van der Waals surface area contributed by atoms with Gasteiger partial charge < -0.3 is 20.0 Å². The summed E-state index contributed by atoms with van der Waals surface area (Å²) in [5.74, 6) is 5.59. The second-order valence-corrected chi connectivity index (χ2v) is 18.3. The molecule has 67 heavy (non-hydrogen) atoms. The lowest BCUT2D eigenvalue weighted by atomic mass is 9.91. The number of amides is 6. The van der Waals surface area contributed by atoms with Gasteiger partial charge in [-0.15, -0.1) is 10.2 Å². The van der Waals surface area contributed by atoms with Crippen LogP contribution in [-0.4, -0.2) is 148 Å². The predicted octanol–water partition coefficient (Wildman–Crippen LogP) is 4.32. The highest BCUT2D eigenvalue weighted by molar-refractivity contribution is 6.23. The average Bonchev–Trinajstić information content (AvgIpc) is 3.60. The van der Waals surface area contributed by atoms with E-state index in [1.54, 1.807) is 42.7 Å². The van der Waals surface area contributed by atoms with Crippen LogP contribution in [0.5, 0.6) is 0 Å². The number of likely N-dealkylation sites (tertiary alicyclic amines) is 1. The molecule has 352 valence electrons. The SMILES string of the molecule is O=C(/C=C/c1cccnc1)NCCCCC1CCN(C(=O)c2ccc(N3CCC(N4CCN(CCCCCC#Cc5ccc6c(c5)C(=O)N(C5CCC(=O)NC5=O)C6=O)CC4)CC3)nn2)CC1. The molecule has 16 nitrogen and oxygen atoms in total. The molecule has 7 heterocycles. The summed E-state index contributed by atoms with van der Waals surface area (Å²) in [5, 5.41) is 14.1. The van der Waals surface area contributed by atoms with Gasteiger partial charge in [0.15, 0.2) is 11.5 Å². The number of carbonyl (C=O) groups excluding carboxylic acids is 6. The van der Waals surface area contributed by atoms with E-state index in [0.29, 0.717) is 29.8 Å². The van der Waals surface area contributed by atoms with Crippen molar-refractivity contribution in [3.05, 3.63) is 88.9 Å². The summed E-state index contributed by atoms with van der Waals surface area (Å²) < 4.78 is 0. The van der Waals surface area contributed by atoms with E-state index in [-0.39, 0.29) is 35.8 Å². The molecule has 1 aromatic carbocycles. The fraction of sp³-hybridized carbons (Fsp3) is 0.510. The first-order valence-corrected chi connectivity index (χ1v) is 24.2. The number of piperazine rings is 1. The summed E-state index contributed by atoms with van der Waals surface area (Å²) in [5.41, 5.74) is 2.47. The number of rotatable bonds is 16. The molecule has 6 amide bonds. The highest BCUT2D eigenvalue weighted by Gasteiger charge is 2.44. The molecule has 2 N–H and O–H groups in total. The fourth-order valence-corrected chi connectivity index (χ4v) is 9.92. The maximum Gasteiger partial charge on any atom is 0.274 e. The summed E-state index contributed by atoms with van der Waals surface area (Å²) in [6, 6.07) is 12.1. The highest BCUT2D eigenvalue weighted by Crippen LogP contribution is 2.29. The number of piperidine rings is 3. The normalized spacial score (nSPS) is 19.9. The first-order chi connectivity index (χ1) is 32.7. The van der Waals surface area contributed by atoms with Gasteiger partial charge in [0.25, 0.3) is 17.7 Å². The van der Waals surface area contributed by atoms with Crippen molar-refractivity contribution in [2.24, 2.45) is 5.92 Å². The molecule has 16 heteroatoms. The molecular formula is C51H62N10O6.